The number of halogens is 1. The summed E-state index contributed by atoms with van der Waals surface area (Å²) in [5.41, 5.74) is 2.22. The van der Waals surface area contributed by atoms with Gasteiger partial charge in [0.25, 0.3) is 5.91 Å². The molecular formula is C16H20ClN3O. The molecule has 0 aliphatic heterocycles. The van der Waals surface area contributed by atoms with Crippen molar-refractivity contribution in [1.82, 2.24) is 14.7 Å². The maximum Gasteiger partial charge on any atom is 0.270 e. The van der Waals surface area contributed by atoms with E-state index in [0.29, 0.717) is 16.8 Å². The second-order valence-corrected chi connectivity index (χ2v) is 6.08. The first-order valence-electron chi connectivity index (χ1n) is 7.66. The predicted molar refractivity (Wildman–Crippen MR) is 83.9 cm³/mol. The van der Waals surface area contributed by atoms with Crippen molar-refractivity contribution in [2.75, 3.05) is 0 Å². The lowest BCUT2D eigenvalue weighted by atomic mass is 9.95. The van der Waals surface area contributed by atoms with Crippen LogP contribution in [0.2, 0.25) is 5.02 Å². The third kappa shape index (κ3) is 2.91. The quantitative estimate of drug-likeness (QED) is 0.941. The van der Waals surface area contributed by atoms with Crippen LogP contribution in [-0.4, -0.2) is 21.3 Å². The van der Waals surface area contributed by atoms with Gasteiger partial charge in [0.1, 0.15) is 11.3 Å². The number of aryl methyl sites for hydroxylation is 1. The normalized spacial score (nSPS) is 16.3. The zero-order valence-electron chi connectivity index (χ0n) is 12.2. The van der Waals surface area contributed by atoms with Crippen molar-refractivity contribution in [3.05, 3.63) is 34.7 Å². The highest BCUT2D eigenvalue weighted by molar-refractivity contribution is 6.30. The molecule has 0 saturated heterocycles. The van der Waals surface area contributed by atoms with E-state index in [2.05, 4.69) is 10.3 Å². The van der Waals surface area contributed by atoms with Gasteiger partial charge in [-0.15, -0.1) is 0 Å². The number of aromatic nitrogens is 2. The Bertz CT molecular complexity index is 659. The Morgan fingerprint density at radius 2 is 2.14 bits per heavy atom. The number of nitrogens with one attached hydrogen (secondary N) is 1. The molecule has 1 amide bonds. The van der Waals surface area contributed by atoms with Gasteiger partial charge in [-0.1, -0.05) is 37.8 Å². The van der Waals surface area contributed by atoms with Crippen LogP contribution in [0, 0.1) is 0 Å². The van der Waals surface area contributed by atoms with E-state index in [-0.39, 0.29) is 5.91 Å². The highest BCUT2D eigenvalue weighted by atomic mass is 35.5. The summed E-state index contributed by atoms with van der Waals surface area (Å²) in [7, 11) is 0. The number of amides is 1. The highest BCUT2D eigenvalue weighted by Crippen LogP contribution is 2.20. The molecule has 2 aromatic rings. The van der Waals surface area contributed by atoms with Gasteiger partial charge in [-0.25, -0.2) is 4.98 Å². The highest BCUT2D eigenvalue weighted by Gasteiger charge is 2.22. The molecule has 3 rings (SSSR count). The number of hydrogen-bond acceptors (Lipinski definition) is 2. The first-order valence-corrected chi connectivity index (χ1v) is 8.04. The fourth-order valence-electron chi connectivity index (χ4n) is 3.06. The van der Waals surface area contributed by atoms with Crippen molar-refractivity contribution < 1.29 is 4.79 Å². The van der Waals surface area contributed by atoms with E-state index in [1.54, 1.807) is 16.7 Å². The topological polar surface area (TPSA) is 46.4 Å². The molecule has 0 unspecified atom stereocenters. The predicted octanol–water partition coefficient (Wildman–Crippen LogP) is 3.61. The van der Waals surface area contributed by atoms with E-state index in [1.165, 1.54) is 19.3 Å². The third-order valence-electron chi connectivity index (χ3n) is 4.14. The Hall–Kier alpha value is -1.55. The van der Waals surface area contributed by atoms with Crippen molar-refractivity contribution in [2.45, 2.75) is 51.5 Å². The van der Waals surface area contributed by atoms with Crippen molar-refractivity contribution >= 4 is 23.2 Å². The van der Waals surface area contributed by atoms with Gasteiger partial charge in [-0.05, 0) is 31.4 Å². The summed E-state index contributed by atoms with van der Waals surface area (Å²) < 4.78 is 1.80. The van der Waals surface area contributed by atoms with Crippen LogP contribution >= 0.6 is 11.6 Å². The number of fused-ring (bicyclic) bond motifs is 1. The second-order valence-electron chi connectivity index (χ2n) is 5.64. The zero-order chi connectivity index (χ0) is 14.8. The summed E-state index contributed by atoms with van der Waals surface area (Å²) in [4.78, 5) is 17.2. The molecule has 1 N–H and O–H groups in total. The van der Waals surface area contributed by atoms with Crippen LogP contribution in [0.4, 0.5) is 0 Å². The molecule has 2 heterocycles. The van der Waals surface area contributed by atoms with E-state index in [1.807, 2.05) is 13.0 Å². The summed E-state index contributed by atoms with van der Waals surface area (Å²) in [6, 6.07) is 3.94. The van der Waals surface area contributed by atoms with E-state index in [9.17, 15) is 4.79 Å². The van der Waals surface area contributed by atoms with Crippen LogP contribution in [0.15, 0.2) is 18.3 Å². The van der Waals surface area contributed by atoms with Gasteiger partial charge in [0.15, 0.2) is 0 Å². The molecule has 21 heavy (non-hydrogen) atoms. The van der Waals surface area contributed by atoms with E-state index in [4.69, 9.17) is 11.6 Å². The largest absolute Gasteiger partial charge is 0.348 e. The molecule has 1 fully saturated rings. The number of hydrogen-bond donors (Lipinski definition) is 1. The Morgan fingerprint density at radius 3 is 2.86 bits per heavy atom. The molecule has 0 spiro atoms. The fourth-order valence-corrected chi connectivity index (χ4v) is 3.22. The van der Waals surface area contributed by atoms with Crippen LogP contribution < -0.4 is 5.32 Å². The van der Waals surface area contributed by atoms with Gasteiger partial charge < -0.3 is 5.32 Å². The van der Waals surface area contributed by atoms with Crippen molar-refractivity contribution in [3.63, 3.8) is 0 Å². The Kier molecular flexibility index (Phi) is 4.15. The smallest absolute Gasteiger partial charge is 0.270 e. The molecule has 1 aliphatic rings. The van der Waals surface area contributed by atoms with Crippen LogP contribution in [0.1, 0.15) is 55.2 Å². The third-order valence-corrected chi connectivity index (χ3v) is 4.37. The Balaban J connectivity index is 1.93. The molecule has 0 radical (unpaired) electrons. The summed E-state index contributed by atoms with van der Waals surface area (Å²) >= 11 is 6.06. The van der Waals surface area contributed by atoms with Gasteiger partial charge in [0, 0.05) is 12.2 Å². The first kappa shape index (κ1) is 14.4. The monoisotopic (exact) mass is 305 g/mol. The lowest BCUT2D eigenvalue weighted by Crippen LogP contribution is -2.37. The van der Waals surface area contributed by atoms with Crippen LogP contribution in [-0.2, 0) is 6.42 Å². The number of carbonyl (C=O) groups excluding carboxylic acids is 1. The summed E-state index contributed by atoms with van der Waals surface area (Å²) in [5, 5.41) is 3.77. The maximum atomic E-state index is 12.7. The second kappa shape index (κ2) is 6.06. The number of pyridine rings is 1. The van der Waals surface area contributed by atoms with Crippen molar-refractivity contribution in [1.29, 1.82) is 0 Å². The van der Waals surface area contributed by atoms with Gasteiger partial charge in [-0.2, -0.15) is 0 Å². The molecule has 0 atom stereocenters. The van der Waals surface area contributed by atoms with Crippen molar-refractivity contribution in [2.24, 2.45) is 0 Å². The van der Waals surface area contributed by atoms with E-state index < -0.39 is 0 Å². The summed E-state index contributed by atoms with van der Waals surface area (Å²) in [6.45, 7) is 2.01. The average molecular weight is 306 g/mol. The number of nitrogens with zero attached hydrogens (tertiary/aromatic N) is 2. The van der Waals surface area contributed by atoms with Crippen LogP contribution in [0.5, 0.6) is 0 Å². The van der Waals surface area contributed by atoms with E-state index in [0.717, 1.165) is 30.6 Å². The minimum atomic E-state index is -0.0338. The Labute approximate surface area is 129 Å². The van der Waals surface area contributed by atoms with E-state index >= 15 is 0 Å². The van der Waals surface area contributed by atoms with Gasteiger partial charge in [0.2, 0.25) is 0 Å². The van der Waals surface area contributed by atoms with Gasteiger partial charge >= 0.3 is 0 Å². The zero-order valence-corrected chi connectivity index (χ0v) is 13.0. The fraction of sp³-hybridized carbons (Fsp3) is 0.500. The number of carbonyl (C=O) groups is 1. The van der Waals surface area contributed by atoms with Crippen LogP contribution in [0.3, 0.4) is 0 Å². The minimum absolute atomic E-state index is 0.0338. The standard InChI is InChI=1S/C16H20ClN3O/c1-2-13-15(16(21)18-12-6-4-3-5-7-12)20-10-11(17)8-9-14(20)19-13/h8-10,12H,2-7H2,1H3,(H,18,21). The molecule has 0 aromatic carbocycles. The van der Waals surface area contributed by atoms with Crippen LogP contribution in [0.25, 0.3) is 5.65 Å². The average Bonchev–Trinajstić information content (AvgIpc) is 2.86. The summed E-state index contributed by atoms with van der Waals surface area (Å²) in [5.74, 6) is -0.0338. The molecule has 1 saturated carbocycles. The SMILES string of the molecule is CCc1nc2ccc(Cl)cn2c1C(=O)NC1CCCCC1. The minimum Gasteiger partial charge on any atom is -0.348 e. The molecule has 2 aromatic heterocycles. The molecular weight excluding hydrogens is 286 g/mol. The Morgan fingerprint density at radius 1 is 1.38 bits per heavy atom. The number of rotatable bonds is 3. The molecule has 0 bridgehead atoms. The molecule has 1 aliphatic carbocycles. The van der Waals surface area contributed by atoms with Gasteiger partial charge in [0.05, 0.1) is 10.7 Å². The molecule has 4 nitrogen and oxygen atoms in total. The van der Waals surface area contributed by atoms with Crippen molar-refractivity contribution in [3.8, 4) is 0 Å². The lowest BCUT2D eigenvalue weighted by molar-refractivity contribution is 0.0920. The lowest BCUT2D eigenvalue weighted by Gasteiger charge is -2.22. The first-order chi connectivity index (χ1) is 10.2. The number of imidazole rings is 1. The maximum absolute atomic E-state index is 12.7. The molecule has 112 valence electrons. The summed E-state index contributed by atoms with van der Waals surface area (Å²) in [6.07, 6.45) is 8.31. The van der Waals surface area contributed by atoms with Gasteiger partial charge in [-0.3, -0.25) is 9.20 Å². The molecule has 5 heteroatoms.